The summed E-state index contributed by atoms with van der Waals surface area (Å²) in [5.41, 5.74) is 5.61. The smallest absolute Gasteiger partial charge is 0.271 e. The van der Waals surface area contributed by atoms with Crippen molar-refractivity contribution in [3.05, 3.63) is 88.8 Å². The molecule has 1 fully saturated rings. The summed E-state index contributed by atoms with van der Waals surface area (Å²) in [7, 11) is 0. The number of amides is 2. The third-order valence-electron chi connectivity index (χ3n) is 7.42. The van der Waals surface area contributed by atoms with Gasteiger partial charge in [0.1, 0.15) is 5.69 Å². The lowest BCUT2D eigenvalue weighted by Crippen LogP contribution is -2.41. The highest BCUT2D eigenvalue weighted by atomic mass is 16.2. The number of hydrogen-bond donors (Lipinski definition) is 1. The molecule has 0 radical (unpaired) electrons. The molecule has 0 bridgehead atoms. The summed E-state index contributed by atoms with van der Waals surface area (Å²) >= 11 is 0. The molecule has 2 amide bonds. The maximum Gasteiger partial charge on any atom is 0.271 e. The van der Waals surface area contributed by atoms with Gasteiger partial charge < -0.3 is 10.2 Å². The minimum atomic E-state index is -0.259. The van der Waals surface area contributed by atoms with Crippen LogP contribution in [-0.2, 0) is 24.3 Å². The third-order valence-corrected chi connectivity index (χ3v) is 7.42. The molecule has 1 aromatic carbocycles. The quantitative estimate of drug-likeness (QED) is 0.590. The molecule has 0 saturated heterocycles. The largest absolute Gasteiger partial charge is 0.346 e. The number of rotatable bonds is 6. The predicted octanol–water partition coefficient (Wildman–Crippen LogP) is 3.97. The summed E-state index contributed by atoms with van der Waals surface area (Å²) in [4.78, 5) is 41.0. The molecule has 2 aliphatic rings. The van der Waals surface area contributed by atoms with E-state index in [0.29, 0.717) is 31.2 Å². The maximum absolute atomic E-state index is 13.9. The number of carbonyl (C=O) groups excluding carboxylic acids is 2. The molecule has 7 heteroatoms. The predicted molar refractivity (Wildman–Crippen MR) is 132 cm³/mol. The molecule has 1 aliphatic carbocycles. The van der Waals surface area contributed by atoms with E-state index in [1.165, 1.54) is 30.8 Å². The highest BCUT2D eigenvalue weighted by Gasteiger charge is 2.36. The van der Waals surface area contributed by atoms with Crippen LogP contribution < -0.4 is 5.32 Å². The van der Waals surface area contributed by atoms with E-state index in [4.69, 9.17) is 0 Å². The van der Waals surface area contributed by atoms with Gasteiger partial charge in [-0.05, 0) is 54.4 Å². The van der Waals surface area contributed by atoms with Gasteiger partial charge in [-0.1, -0.05) is 43.2 Å². The minimum absolute atomic E-state index is 0.0793. The number of hydrogen-bond acceptors (Lipinski definition) is 5. The van der Waals surface area contributed by atoms with Gasteiger partial charge in [0.2, 0.25) is 5.91 Å². The van der Waals surface area contributed by atoms with Crippen molar-refractivity contribution in [2.24, 2.45) is 5.92 Å². The molecule has 3 aromatic rings. The van der Waals surface area contributed by atoms with Crippen LogP contribution in [-0.4, -0.2) is 38.2 Å². The zero-order valence-electron chi connectivity index (χ0n) is 20.1. The lowest BCUT2D eigenvalue weighted by Gasteiger charge is -2.35. The molecule has 0 unspecified atom stereocenters. The van der Waals surface area contributed by atoms with E-state index in [1.54, 1.807) is 6.20 Å². The van der Waals surface area contributed by atoms with Crippen molar-refractivity contribution < 1.29 is 9.59 Å². The first-order valence-corrected chi connectivity index (χ1v) is 12.5. The summed E-state index contributed by atoms with van der Waals surface area (Å²) in [5, 5.41) is 2.96. The number of aromatic nitrogens is 3. The topological polar surface area (TPSA) is 88.1 Å². The molecule has 1 aliphatic heterocycles. The van der Waals surface area contributed by atoms with E-state index in [0.717, 1.165) is 41.6 Å². The average molecular weight is 470 g/mol. The summed E-state index contributed by atoms with van der Waals surface area (Å²) in [6.45, 7) is 3.58. The number of carbonyl (C=O) groups is 2. The summed E-state index contributed by atoms with van der Waals surface area (Å²) in [6.07, 6.45) is 11.8. The SMILES string of the molecule is Cc1ncc2c(c1CNC(=O)c1cnccn1)CCN(C(=O)[C@H](c1ccccc1)C1CCCC1)C2. The molecule has 180 valence electrons. The Morgan fingerprint density at radius 1 is 1.09 bits per heavy atom. The summed E-state index contributed by atoms with van der Waals surface area (Å²) in [5.74, 6) is 0.301. The minimum Gasteiger partial charge on any atom is -0.346 e. The molecule has 3 heterocycles. The molecule has 7 nitrogen and oxygen atoms in total. The highest BCUT2D eigenvalue weighted by molar-refractivity contribution is 5.91. The fraction of sp³-hybridized carbons (Fsp3) is 0.393. The normalized spacial score (nSPS) is 16.5. The summed E-state index contributed by atoms with van der Waals surface area (Å²) < 4.78 is 0. The second kappa shape index (κ2) is 10.3. The monoisotopic (exact) mass is 469 g/mol. The van der Waals surface area contributed by atoms with Gasteiger partial charge in [0.15, 0.2) is 0 Å². The third kappa shape index (κ3) is 4.94. The van der Waals surface area contributed by atoms with Crippen molar-refractivity contribution in [1.29, 1.82) is 0 Å². The van der Waals surface area contributed by atoms with Gasteiger partial charge in [0.05, 0.1) is 12.1 Å². The number of aryl methyl sites for hydroxylation is 1. The van der Waals surface area contributed by atoms with Crippen LogP contribution in [0.5, 0.6) is 0 Å². The number of nitrogens with one attached hydrogen (secondary N) is 1. The Kier molecular flexibility index (Phi) is 6.84. The Morgan fingerprint density at radius 3 is 2.63 bits per heavy atom. The fourth-order valence-corrected chi connectivity index (χ4v) is 5.58. The Hall–Kier alpha value is -3.61. The molecular formula is C28H31N5O2. The Morgan fingerprint density at radius 2 is 1.89 bits per heavy atom. The van der Waals surface area contributed by atoms with Gasteiger partial charge in [-0.2, -0.15) is 0 Å². The van der Waals surface area contributed by atoms with Crippen molar-refractivity contribution in [2.75, 3.05) is 6.54 Å². The van der Waals surface area contributed by atoms with Gasteiger partial charge in [0, 0.05) is 43.9 Å². The fourth-order valence-electron chi connectivity index (χ4n) is 5.58. The zero-order chi connectivity index (χ0) is 24.2. The second-order valence-electron chi connectivity index (χ2n) is 9.54. The molecular weight excluding hydrogens is 438 g/mol. The van der Waals surface area contributed by atoms with Gasteiger partial charge in [-0.15, -0.1) is 0 Å². The highest BCUT2D eigenvalue weighted by Crippen LogP contribution is 2.39. The van der Waals surface area contributed by atoms with Crippen LogP contribution in [0.3, 0.4) is 0 Å². The number of fused-ring (bicyclic) bond motifs is 1. The Labute approximate surface area is 206 Å². The van der Waals surface area contributed by atoms with E-state index in [2.05, 4.69) is 32.4 Å². The van der Waals surface area contributed by atoms with Crippen LogP contribution in [0.15, 0.2) is 55.1 Å². The van der Waals surface area contributed by atoms with Crippen LogP contribution in [0, 0.1) is 12.8 Å². The van der Waals surface area contributed by atoms with Crippen molar-refractivity contribution in [2.45, 2.75) is 58.0 Å². The van der Waals surface area contributed by atoms with Gasteiger partial charge in [0.25, 0.3) is 5.91 Å². The first-order valence-electron chi connectivity index (χ1n) is 12.5. The number of nitrogens with zero attached hydrogens (tertiary/aromatic N) is 4. The molecule has 1 atom stereocenters. The first-order chi connectivity index (χ1) is 17.1. The first kappa shape index (κ1) is 23.1. The molecule has 2 aromatic heterocycles. The number of pyridine rings is 1. The Bertz CT molecular complexity index is 1190. The molecule has 0 spiro atoms. The molecule has 1 N–H and O–H groups in total. The molecule has 1 saturated carbocycles. The van der Waals surface area contributed by atoms with Crippen LogP contribution in [0.25, 0.3) is 0 Å². The van der Waals surface area contributed by atoms with Crippen molar-refractivity contribution >= 4 is 11.8 Å². The maximum atomic E-state index is 13.9. The zero-order valence-corrected chi connectivity index (χ0v) is 20.1. The average Bonchev–Trinajstić information content (AvgIpc) is 3.43. The van der Waals surface area contributed by atoms with Crippen LogP contribution in [0.4, 0.5) is 0 Å². The van der Waals surface area contributed by atoms with Crippen molar-refractivity contribution in [3.8, 4) is 0 Å². The van der Waals surface area contributed by atoms with Crippen molar-refractivity contribution in [3.63, 3.8) is 0 Å². The van der Waals surface area contributed by atoms with Crippen LogP contribution in [0.1, 0.15) is 70.0 Å². The lowest BCUT2D eigenvalue weighted by atomic mass is 9.83. The molecule has 5 rings (SSSR count). The van der Waals surface area contributed by atoms with E-state index in [9.17, 15) is 9.59 Å². The standard InChI is InChI=1S/C28H31N5O2/c1-19-24(16-32-27(34)25-17-29-12-13-30-25)23-11-14-33(18-22(23)15-31-19)28(35)26(21-9-5-6-10-21)20-7-3-2-4-8-20/h2-4,7-8,12-13,15,17,21,26H,5-6,9-11,14,16,18H2,1H3,(H,32,34)/t26-/m1/s1. The second-order valence-corrected chi connectivity index (χ2v) is 9.54. The van der Waals surface area contributed by atoms with E-state index >= 15 is 0 Å². The number of benzene rings is 1. The van der Waals surface area contributed by atoms with Crippen LogP contribution >= 0.6 is 0 Å². The summed E-state index contributed by atoms with van der Waals surface area (Å²) in [6, 6.07) is 10.3. The van der Waals surface area contributed by atoms with E-state index in [-0.39, 0.29) is 17.7 Å². The van der Waals surface area contributed by atoms with Crippen LogP contribution in [0.2, 0.25) is 0 Å². The molecule has 35 heavy (non-hydrogen) atoms. The van der Waals surface area contributed by atoms with Gasteiger partial charge in [-0.25, -0.2) is 4.98 Å². The Balaban J connectivity index is 1.34. The van der Waals surface area contributed by atoms with E-state index in [1.807, 2.05) is 36.2 Å². The van der Waals surface area contributed by atoms with E-state index < -0.39 is 0 Å². The van der Waals surface area contributed by atoms with Gasteiger partial charge >= 0.3 is 0 Å². The van der Waals surface area contributed by atoms with Gasteiger partial charge in [-0.3, -0.25) is 19.6 Å². The lowest BCUT2D eigenvalue weighted by molar-refractivity contribution is -0.135. The van der Waals surface area contributed by atoms with Crippen molar-refractivity contribution in [1.82, 2.24) is 25.2 Å².